The molecule has 0 bridgehead atoms. The maximum absolute atomic E-state index is 13.2. The number of aryl methyl sites for hydroxylation is 1. The predicted molar refractivity (Wildman–Crippen MR) is 99.6 cm³/mol. The van der Waals surface area contributed by atoms with Crippen molar-refractivity contribution in [3.63, 3.8) is 0 Å². The molecule has 2 aromatic rings. The summed E-state index contributed by atoms with van der Waals surface area (Å²) in [6, 6.07) is 13.9. The molecule has 132 valence electrons. The van der Waals surface area contributed by atoms with Crippen molar-refractivity contribution in [1.29, 1.82) is 0 Å². The molecular formula is C21H25NO3. The third-order valence-corrected chi connectivity index (χ3v) is 4.50. The van der Waals surface area contributed by atoms with Crippen LogP contribution in [0.2, 0.25) is 0 Å². The zero-order valence-corrected chi connectivity index (χ0v) is 15.3. The molecule has 3 rings (SSSR count). The maximum Gasteiger partial charge on any atom is 0.234 e. The van der Waals surface area contributed by atoms with Gasteiger partial charge < -0.3 is 14.4 Å². The van der Waals surface area contributed by atoms with E-state index in [9.17, 15) is 4.79 Å². The summed E-state index contributed by atoms with van der Waals surface area (Å²) in [5.41, 5.74) is 3.04. The number of amides is 1. The molecule has 1 heterocycles. The van der Waals surface area contributed by atoms with Crippen LogP contribution in [0.15, 0.2) is 42.5 Å². The highest BCUT2D eigenvalue weighted by molar-refractivity contribution is 5.98. The molecule has 0 fully saturated rings. The van der Waals surface area contributed by atoms with E-state index in [1.807, 2.05) is 75.1 Å². The van der Waals surface area contributed by atoms with Crippen molar-refractivity contribution >= 4 is 11.6 Å². The topological polar surface area (TPSA) is 38.8 Å². The molecule has 0 spiro atoms. The molecule has 2 aromatic carbocycles. The lowest BCUT2D eigenvalue weighted by molar-refractivity contribution is -0.120. The van der Waals surface area contributed by atoms with Crippen molar-refractivity contribution in [1.82, 2.24) is 0 Å². The minimum atomic E-state index is -0.264. The number of fused-ring (bicyclic) bond motifs is 1. The van der Waals surface area contributed by atoms with Crippen LogP contribution >= 0.6 is 0 Å². The lowest BCUT2D eigenvalue weighted by Crippen LogP contribution is -2.39. The largest absolute Gasteiger partial charge is 0.486 e. The van der Waals surface area contributed by atoms with E-state index in [1.54, 1.807) is 0 Å². The van der Waals surface area contributed by atoms with Gasteiger partial charge in [0.05, 0.1) is 5.92 Å². The first-order valence-corrected chi connectivity index (χ1v) is 8.76. The van der Waals surface area contributed by atoms with Crippen molar-refractivity contribution in [2.24, 2.45) is 0 Å². The number of anilines is 1. The highest BCUT2D eigenvalue weighted by atomic mass is 16.6. The van der Waals surface area contributed by atoms with Crippen LogP contribution in [0, 0.1) is 6.92 Å². The van der Waals surface area contributed by atoms with Crippen LogP contribution in [0.5, 0.6) is 11.5 Å². The first-order chi connectivity index (χ1) is 12.0. The highest BCUT2D eigenvalue weighted by Crippen LogP contribution is 2.34. The summed E-state index contributed by atoms with van der Waals surface area (Å²) in [4.78, 5) is 15.1. The molecule has 0 saturated carbocycles. The van der Waals surface area contributed by atoms with E-state index < -0.39 is 0 Å². The second-order valence-corrected chi connectivity index (χ2v) is 6.76. The molecule has 0 N–H and O–H groups in total. The zero-order chi connectivity index (χ0) is 18.0. The first kappa shape index (κ1) is 17.3. The molecule has 4 heteroatoms. The lowest BCUT2D eigenvalue weighted by Gasteiger charge is -2.30. The monoisotopic (exact) mass is 339 g/mol. The fourth-order valence-electron chi connectivity index (χ4n) is 3.07. The van der Waals surface area contributed by atoms with Gasteiger partial charge in [0.25, 0.3) is 0 Å². The van der Waals surface area contributed by atoms with Crippen LogP contribution < -0.4 is 14.4 Å². The Morgan fingerprint density at radius 3 is 2.24 bits per heavy atom. The SMILES string of the molecule is Cc1ccc(N(C(=O)C(C)c2ccc3c(c2)OCCO3)C(C)C)cc1. The fraction of sp³-hybridized carbons (Fsp3) is 0.381. The van der Waals surface area contributed by atoms with Gasteiger partial charge >= 0.3 is 0 Å². The summed E-state index contributed by atoms with van der Waals surface area (Å²) in [7, 11) is 0. The number of carbonyl (C=O) groups is 1. The van der Waals surface area contributed by atoms with E-state index in [0.717, 1.165) is 22.7 Å². The Kier molecular flexibility index (Phi) is 4.98. The molecule has 1 aliphatic rings. The number of hydrogen-bond donors (Lipinski definition) is 0. The zero-order valence-electron chi connectivity index (χ0n) is 15.3. The van der Waals surface area contributed by atoms with Gasteiger partial charge in [-0.25, -0.2) is 0 Å². The summed E-state index contributed by atoms with van der Waals surface area (Å²) in [6.07, 6.45) is 0. The Balaban J connectivity index is 1.87. The second-order valence-electron chi connectivity index (χ2n) is 6.76. The molecular weight excluding hydrogens is 314 g/mol. The fourth-order valence-corrected chi connectivity index (χ4v) is 3.07. The van der Waals surface area contributed by atoms with Crippen LogP contribution in [0.3, 0.4) is 0 Å². The number of ether oxygens (including phenoxy) is 2. The van der Waals surface area contributed by atoms with Crippen molar-refractivity contribution in [2.75, 3.05) is 18.1 Å². The van der Waals surface area contributed by atoms with Gasteiger partial charge in [-0.3, -0.25) is 4.79 Å². The minimum Gasteiger partial charge on any atom is -0.486 e. The van der Waals surface area contributed by atoms with E-state index in [-0.39, 0.29) is 17.9 Å². The number of benzene rings is 2. The number of nitrogens with zero attached hydrogens (tertiary/aromatic N) is 1. The number of carbonyl (C=O) groups excluding carboxylic acids is 1. The molecule has 0 aliphatic carbocycles. The van der Waals surface area contributed by atoms with Crippen LogP contribution in [0.25, 0.3) is 0 Å². The van der Waals surface area contributed by atoms with E-state index >= 15 is 0 Å². The van der Waals surface area contributed by atoms with Crippen molar-refractivity contribution < 1.29 is 14.3 Å². The van der Waals surface area contributed by atoms with Gasteiger partial charge in [-0.15, -0.1) is 0 Å². The summed E-state index contributed by atoms with van der Waals surface area (Å²) in [5, 5.41) is 0. The standard InChI is InChI=1S/C21H25NO3/c1-14(2)22(18-8-5-15(3)6-9-18)21(23)16(4)17-7-10-19-20(13-17)25-12-11-24-19/h5-10,13-14,16H,11-12H2,1-4H3. The Hall–Kier alpha value is -2.49. The van der Waals surface area contributed by atoms with Crippen molar-refractivity contribution in [3.05, 3.63) is 53.6 Å². The average molecular weight is 339 g/mol. The van der Waals surface area contributed by atoms with Gasteiger partial charge in [0, 0.05) is 11.7 Å². The van der Waals surface area contributed by atoms with Gasteiger partial charge in [-0.1, -0.05) is 23.8 Å². The van der Waals surface area contributed by atoms with Gasteiger partial charge in [0.15, 0.2) is 11.5 Å². The lowest BCUT2D eigenvalue weighted by atomic mass is 9.98. The molecule has 1 unspecified atom stereocenters. The molecule has 25 heavy (non-hydrogen) atoms. The summed E-state index contributed by atoms with van der Waals surface area (Å²) >= 11 is 0. The van der Waals surface area contributed by atoms with Crippen LogP contribution in [0.4, 0.5) is 5.69 Å². The Labute approximate surface area is 149 Å². The minimum absolute atomic E-state index is 0.0786. The Morgan fingerprint density at radius 2 is 1.60 bits per heavy atom. The molecule has 1 amide bonds. The highest BCUT2D eigenvalue weighted by Gasteiger charge is 2.26. The van der Waals surface area contributed by atoms with Crippen LogP contribution in [-0.2, 0) is 4.79 Å². The summed E-state index contributed by atoms with van der Waals surface area (Å²) < 4.78 is 11.2. The van der Waals surface area contributed by atoms with Gasteiger partial charge in [0.2, 0.25) is 5.91 Å². The molecule has 1 aliphatic heterocycles. The van der Waals surface area contributed by atoms with Crippen molar-refractivity contribution in [2.45, 2.75) is 39.7 Å². The van der Waals surface area contributed by atoms with Gasteiger partial charge in [-0.2, -0.15) is 0 Å². The maximum atomic E-state index is 13.2. The van der Waals surface area contributed by atoms with E-state index in [4.69, 9.17) is 9.47 Å². The molecule has 0 aromatic heterocycles. The second kappa shape index (κ2) is 7.18. The molecule has 1 atom stereocenters. The summed E-state index contributed by atoms with van der Waals surface area (Å²) in [6.45, 7) is 9.17. The smallest absolute Gasteiger partial charge is 0.234 e. The van der Waals surface area contributed by atoms with Crippen LogP contribution in [-0.4, -0.2) is 25.2 Å². The summed E-state index contributed by atoms with van der Waals surface area (Å²) in [5.74, 6) is 1.28. The average Bonchev–Trinajstić information content (AvgIpc) is 2.62. The number of rotatable bonds is 4. The van der Waals surface area contributed by atoms with Gasteiger partial charge in [-0.05, 0) is 57.5 Å². The third-order valence-electron chi connectivity index (χ3n) is 4.50. The predicted octanol–water partition coefficient (Wildman–Crippen LogP) is 4.31. The van der Waals surface area contributed by atoms with Crippen molar-refractivity contribution in [3.8, 4) is 11.5 Å². The first-order valence-electron chi connectivity index (χ1n) is 8.76. The molecule has 4 nitrogen and oxygen atoms in total. The van der Waals surface area contributed by atoms with E-state index in [2.05, 4.69) is 0 Å². The van der Waals surface area contributed by atoms with E-state index in [0.29, 0.717) is 13.2 Å². The Bertz CT molecular complexity index is 752. The molecule has 0 saturated heterocycles. The normalized spacial score (nSPS) is 14.3. The number of hydrogen-bond acceptors (Lipinski definition) is 3. The van der Waals surface area contributed by atoms with Gasteiger partial charge in [0.1, 0.15) is 13.2 Å². The Morgan fingerprint density at radius 1 is 0.960 bits per heavy atom. The third kappa shape index (κ3) is 3.63. The van der Waals surface area contributed by atoms with E-state index in [1.165, 1.54) is 5.56 Å². The van der Waals surface area contributed by atoms with Crippen LogP contribution in [0.1, 0.15) is 37.8 Å². The quantitative estimate of drug-likeness (QED) is 0.833. The molecule has 0 radical (unpaired) electrons.